The number of alkyl halides is 3. The van der Waals surface area contributed by atoms with Gasteiger partial charge in [0, 0.05) is 19.6 Å². The van der Waals surface area contributed by atoms with Crippen molar-refractivity contribution in [2.24, 2.45) is 0 Å². The summed E-state index contributed by atoms with van der Waals surface area (Å²) in [5.41, 5.74) is -0.196. The van der Waals surface area contributed by atoms with Gasteiger partial charge in [0.05, 0.1) is 5.60 Å². The minimum Gasteiger partial charge on any atom is -0.379 e. The fourth-order valence-corrected chi connectivity index (χ4v) is 1.69. The van der Waals surface area contributed by atoms with Crippen molar-refractivity contribution in [2.45, 2.75) is 64.3 Å². The van der Waals surface area contributed by atoms with Gasteiger partial charge >= 0.3 is 6.18 Å². The number of hydrogen-bond donors (Lipinski definition) is 1. The van der Waals surface area contributed by atoms with Crippen LogP contribution in [0.4, 0.5) is 13.2 Å². The summed E-state index contributed by atoms with van der Waals surface area (Å²) in [5, 5.41) is 3.21. The molecule has 2 nitrogen and oxygen atoms in total. The topological polar surface area (TPSA) is 21.3 Å². The van der Waals surface area contributed by atoms with Crippen molar-refractivity contribution >= 4 is 0 Å². The third-order valence-electron chi connectivity index (χ3n) is 2.73. The molecule has 104 valence electrons. The molecular weight excluding hydrogens is 231 g/mol. The molecule has 0 aliphatic heterocycles. The van der Waals surface area contributed by atoms with Crippen LogP contribution in [0.2, 0.25) is 0 Å². The number of ether oxygens (including phenoxy) is 1. The molecule has 0 saturated heterocycles. The van der Waals surface area contributed by atoms with E-state index in [-0.39, 0.29) is 18.1 Å². The van der Waals surface area contributed by atoms with Gasteiger partial charge in [-0.15, -0.1) is 0 Å². The summed E-state index contributed by atoms with van der Waals surface area (Å²) >= 11 is 0. The standard InChI is InChI=1S/C12H24F3NO/c1-10(9-11(2,3)17-4)16-8-6-5-7-12(13,14)15/h10,16H,5-9H2,1-4H3. The van der Waals surface area contributed by atoms with Crippen LogP contribution in [0.1, 0.15) is 46.5 Å². The second kappa shape index (κ2) is 7.21. The highest BCUT2D eigenvalue weighted by Crippen LogP contribution is 2.22. The van der Waals surface area contributed by atoms with Gasteiger partial charge in [0.25, 0.3) is 0 Å². The highest BCUT2D eigenvalue weighted by molar-refractivity contribution is 4.75. The number of nitrogens with one attached hydrogen (secondary N) is 1. The van der Waals surface area contributed by atoms with Crippen LogP contribution in [-0.4, -0.2) is 31.5 Å². The quantitative estimate of drug-likeness (QED) is 0.670. The lowest BCUT2D eigenvalue weighted by Gasteiger charge is -2.27. The Labute approximate surface area is 102 Å². The molecule has 0 spiro atoms. The van der Waals surface area contributed by atoms with E-state index in [4.69, 9.17) is 4.74 Å². The third-order valence-corrected chi connectivity index (χ3v) is 2.73. The third kappa shape index (κ3) is 10.6. The first-order valence-corrected chi connectivity index (χ1v) is 6.01. The van der Waals surface area contributed by atoms with Crippen LogP contribution in [0.5, 0.6) is 0 Å². The van der Waals surface area contributed by atoms with E-state index in [1.807, 2.05) is 20.8 Å². The number of halogens is 3. The molecule has 1 N–H and O–H groups in total. The van der Waals surface area contributed by atoms with Gasteiger partial charge in [-0.05, 0) is 46.6 Å². The molecule has 5 heteroatoms. The number of methoxy groups -OCH3 is 1. The second-order valence-corrected chi connectivity index (χ2v) is 5.10. The van der Waals surface area contributed by atoms with Crippen LogP contribution in [-0.2, 0) is 4.74 Å². The lowest BCUT2D eigenvalue weighted by molar-refractivity contribution is -0.135. The van der Waals surface area contributed by atoms with Crippen LogP contribution in [0.15, 0.2) is 0 Å². The van der Waals surface area contributed by atoms with Crippen molar-refractivity contribution in [1.29, 1.82) is 0 Å². The highest BCUT2D eigenvalue weighted by atomic mass is 19.4. The molecule has 0 fully saturated rings. The average molecular weight is 255 g/mol. The summed E-state index contributed by atoms with van der Waals surface area (Å²) in [7, 11) is 1.66. The summed E-state index contributed by atoms with van der Waals surface area (Å²) in [6.45, 7) is 6.63. The fourth-order valence-electron chi connectivity index (χ4n) is 1.69. The predicted octanol–water partition coefficient (Wildman–Crippen LogP) is 3.51. The zero-order valence-electron chi connectivity index (χ0n) is 11.2. The molecule has 1 atom stereocenters. The molecule has 17 heavy (non-hydrogen) atoms. The summed E-state index contributed by atoms with van der Waals surface area (Å²) in [5.74, 6) is 0. The Bertz CT molecular complexity index is 204. The van der Waals surface area contributed by atoms with Crippen LogP contribution < -0.4 is 5.32 Å². The second-order valence-electron chi connectivity index (χ2n) is 5.10. The molecule has 0 aliphatic carbocycles. The number of hydrogen-bond acceptors (Lipinski definition) is 2. The zero-order chi connectivity index (χ0) is 13.5. The molecule has 0 aromatic carbocycles. The van der Waals surface area contributed by atoms with Gasteiger partial charge in [-0.2, -0.15) is 13.2 Å². The molecule has 0 bridgehead atoms. The normalized spacial score (nSPS) is 15.0. The highest BCUT2D eigenvalue weighted by Gasteiger charge is 2.25. The summed E-state index contributed by atoms with van der Waals surface area (Å²) in [6, 6.07) is 0.246. The van der Waals surface area contributed by atoms with Gasteiger partial charge < -0.3 is 10.1 Å². The van der Waals surface area contributed by atoms with Crippen molar-refractivity contribution in [3.8, 4) is 0 Å². The first-order valence-electron chi connectivity index (χ1n) is 6.01. The zero-order valence-corrected chi connectivity index (χ0v) is 11.2. The predicted molar refractivity (Wildman–Crippen MR) is 63.1 cm³/mol. The Morgan fingerprint density at radius 3 is 2.24 bits per heavy atom. The van der Waals surface area contributed by atoms with Crippen LogP contribution in [0, 0.1) is 0 Å². The number of rotatable bonds is 8. The lowest BCUT2D eigenvalue weighted by atomic mass is 10.00. The molecule has 0 aromatic rings. The van der Waals surface area contributed by atoms with Crippen molar-refractivity contribution < 1.29 is 17.9 Å². The van der Waals surface area contributed by atoms with Gasteiger partial charge in [-0.25, -0.2) is 0 Å². The molecule has 1 unspecified atom stereocenters. The van der Waals surface area contributed by atoms with E-state index in [0.29, 0.717) is 13.0 Å². The smallest absolute Gasteiger partial charge is 0.379 e. The van der Waals surface area contributed by atoms with Crippen LogP contribution in [0.3, 0.4) is 0 Å². The van der Waals surface area contributed by atoms with Gasteiger partial charge in [-0.3, -0.25) is 0 Å². The van der Waals surface area contributed by atoms with E-state index in [2.05, 4.69) is 5.32 Å². The van der Waals surface area contributed by atoms with E-state index in [1.54, 1.807) is 7.11 Å². The van der Waals surface area contributed by atoms with Crippen molar-refractivity contribution in [1.82, 2.24) is 5.32 Å². The molecule has 0 radical (unpaired) electrons. The maximum Gasteiger partial charge on any atom is 0.389 e. The fraction of sp³-hybridized carbons (Fsp3) is 1.00. The maximum absolute atomic E-state index is 11.9. The van der Waals surface area contributed by atoms with Gasteiger partial charge in [0.2, 0.25) is 0 Å². The maximum atomic E-state index is 11.9. The Balaban J connectivity index is 3.56. The van der Waals surface area contributed by atoms with E-state index in [1.165, 1.54) is 0 Å². The van der Waals surface area contributed by atoms with Crippen LogP contribution in [0.25, 0.3) is 0 Å². The monoisotopic (exact) mass is 255 g/mol. The Kier molecular flexibility index (Phi) is 7.09. The Hall–Kier alpha value is -0.290. The molecule has 0 rings (SSSR count). The lowest BCUT2D eigenvalue weighted by Crippen LogP contribution is -2.36. The Morgan fingerprint density at radius 2 is 1.76 bits per heavy atom. The van der Waals surface area contributed by atoms with E-state index in [0.717, 1.165) is 6.42 Å². The first-order chi connectivity index (χ1) is 7.66. The van der Waals surface area contributed by atoms with E-state index >= 15 is 0 Å². The van der Waals surface area contributed by atoms with Gasteiger partial charge in [0.15, 0.2) is 0 Å². The molecule has 0 aromatic heterocycles. The summed E-state index contributed by atoms with van der Waals surface area (Å²) < 4.78 is 40.9. The molecule has 0 saturated carbocycles. The van der Waals surface area contributed by atoms with Crippen molar-refractivity contribution in [3.05, 3.63) is 0 Å². The largest absolute Gasteiger partial charge is 0.389 e. The average Bonchev–Trinajstić information content (AvgIpc) is 2.14. The molecule has 0 heterocycles. The van der Waals surface area contributed by atoms with Crippen molar-refractivity contribution in [2.75, 3.05) is 13.7 Å². The Morgan fingerprint density at radius 1 is 1.18 bits per heavy atom. The van der Waals surface area contributed by atoms with Crippen LogP contribution >= 0.6 is 0 Å². The van der Waals surface area contributed by atoms with Gasteiger partial charge in [-0.1, -0.05) is 0 Å². The van der Waals surface area contributed by atoms with Gasteiger partial charge in [0.1, 0.15) is 0 Å². The van der Waals surface area contributed by atoms with E-state index < -0.39 is 12.6 Å². The minimum atomic E-state index is -4.02. The minimum absolute atomic E-state index is 0.191. The van der Waals surface area contributed by atoms with Crippen molar-refractivity contribution in [3.63, 3.8) is 0 Å². The molecule has 0 aliphatic rings. The van der Waals surface area contributed by atoms with E-state index in [9.17, 15) is 13.2 Å². The number of unbranched alkanes of at least 4 members (excludes halogenated alkanes) is 1. The molecular formula is C12H24F3NO. The SMILES string of the molecule is COC(C)(C)CC(C)NCCCCC(F)(F)F. The summed E-state index contributed by atoms with van der Waals surface area (Å²) in [4.78, 5) is 0. The summed E-state index contributed by atoms with van der Waals surface area (Å²) in [6.07, 6.45) is -3.13. The molecule has 0 amide bonds. The first kappa shape index (κ1) is 16.7.